The Morgan fingerprint density at radius 1 is 0.857 bits per heavy atom. The second kappa shape index (κ2) is 12.4. The smallest absolute Gasteiger partial charge is 0.220 e. The van der Waals surface area contributed by atoms with Gasteiger partial charge in [-0.25, -0.2) is 8.93 Å². The second-order valence-electron chi connectivity index (χ2n) is 8.82. The first-order valence-corrected chi connectivity index (χ1v) is 13.2. The highest BCUT2D eigenvalue weighted by Gasteiger charge is 2.28. The van der Waals surface area contributed by atoms with Crippen molar-refractivity contribution in [1.29, 1.82) is 0 Å². The number of amides is 1. The van der Waals surface area contributed by atoms with Gasteiger partial charge in [-0.1, -0.05) is 102 Å². The van der Waals surface area contributed by atoms with Gasteiger partial charge in [0.1, 0.15) is 11.0 Å². The maximum atomic E-state index is 13.4. The molecule has 180 valence electrons. The Morgan fingerprint density at radius 2 is 1.49 bits per heavy atom. The Morgan fingerprint density at radius 3 is 2.09 bits per heavy atom. The van der Waals surface area contributed by atoms with E-state index in [-0.39, 0.29) is 18.0 Å². The zero-order valence-corrected chi connectivity index (χ0v) is 20.8. The van der Waals surface area contributed by atoms with E-state index in [1.807, 2.05) is 91.9 Å². The lowest BCUT2D eigenvalue weighted by Gasteiger charge is -2.30. The van der Waals surface area contributed by atoms with Crippen molar-refractivity contribution in [1.82, 2.24) is 10.0 Å². The molecule has 1 aliphatic rings. The molecule has 0 spiro atoms. The van der Waals surface area contributed by atoms with Crippen LogP contribution in [0.5, 0.6) is 0 Å². The number of allylic oxidation sites excluding steroid dienone is 4. The summed E-state index contributed by atoms with van der Waals surface area (Å²) in [6, 6.07) is 26.7. The fourth-order valence-corrected chi connectivity index (χ4v) is 5.25. The summed E-state index contributed by atoms with van der Waals surface area (Å²) >= 11 is 0. The summed E-state index contributed by atoms with van der Waals surface area (Å²) < 4.78 is 16.7. The van der Waals surface area contributed by atoms with Crippen LogP contribution < -0.4 is 10.0 Å². The van der Waals surface area contributed by atoms with Crippen LogP contribution in [0.1, 0.15) is 54.5 Å². The van der Waals surface area contributed by atoms with Crippen LogP contribution >= 0.6 is 0 Å². The summed E-state index contributed by atoms with van der Waals surface area (Å²) in [5.41, 5.74) is 4.34. The van der Waals surface area contributed by atoms with Crippen molar-refractivity contribution in [3.8, 4) is 0 Å². The Bertz CT molecular complexity index is 1190. The van der Waals surface area contributed by atoms with Gasteiger partial charge in [0.05, 0.1) is 17.0 Å². The Labute approximate surface area is 210 Å². The summed E-state index contributed by atoms with van der Waals surface area (Å²) in [7, 11) is -1.46. The van der Waals surface area contributed by atoms with E-state index in [2.05, 4.69) is 28.3 Å². The number of hydrogen-bond acceptors (Lipinski definition) is 2. The lowest BCUT2D eigenvalue weighted by atomic mass is 9.93. The molecular weight excluding hydrogens is 452 g/mol. The van der Waals surface area contributed by atoms with Crippen LogP contribution in [0.2, 0.25) is 0 Å². The van der Waals surface area contributed by atoms with Crippen molar-refractivity contribution in [3.63, 3.8) is 0 Å². The first-order chi connectivity index (χ1) is 17.1. The predicted molar refractivity (Wildman–Crippen MR) is 143 cm³/mol. The number of benzene rings is 3. The molecule has 0 fully saturated rings. The molecule has 35 heavy (non-hydrogen) atoms. The number of nitrogens with one attached hydrogen (secondary N) is 2. The molecule has 0 heterocycles. The van der Waals surface area contributed by atoms with Crippen LogP contribution in [-0.2, 0) is 15.8 Å². The molecule has 0 aliphatic heterocycles. The molecule has 0 radical (unpaired) electrons. The minimum Gasteiger partial charge on any atom is -0.347 e. The lowest BCUT2D eigenvalue weighted by Crippen LogP contribution is -2.39. The summed E-state index contributed by atoms with van der Waals surface area (Å²) in [5.74, 6) is -0.0156. The van der Waals surface area contributed by atoms with Crippen molar-refractivity contribution in [2.45, 2.75) is 49.6 Å². The highest BCUT2D eigenvalue weighted by molar-refractivity contribution is 7.83. The van der Waals surface area contributed by atoms with Gasteiger partial charge in [-0.2, -0.15) is 0 Å². The van der Waals surface area contributed by atoms with E-state index < -0.39 is 11.0 Å². The Kier molecular flexibility index (Phi) is 8.82. The first kappa shape index (κ1) is 24.8. The van der Waals surface area contributed by atoms with Gasteiger partial charge in [0.15, 0.2) is 0 Å². The minimum atomic E-state index is -1.46. The SMILES string of the molecule is Cc1ccc(S(=O)N[C@H](c2ccccc2)[C@H](NC(=O)CCC2=CCC=CC2)c2ccccc2)cc1. The number of rotatable bonds is 10. The van der Waals surface area contributed by atoms with Gasteiger partial charge in [-0.05, 0) is 49.4 Å². The number of aryl methyl sites for hydroxylation is 1. The maximum Gasteiger partial charge on any atom is 0.220 e. The molecular formula is C30H32N2O2S. The highest BCUT2D eigenvalue weighted by atomic mass is 32.2. The molecule has 3 aromatic rings. The third-order valence-electron chi connectivity index (χ3n) is 6.20. The van der Waals surface area contributed by atoms with E-state index in [1.54, 1.807) is 0 Å². The van der Waals surface area contributed by atoms with Crippen LogP contribution in [0, 0.1) is 6.92 Å². The molecule has 1 unspecified atom stereocenters. The van der Waals surface area contributed by atoms with E-state index in [9.17, 15) is 9.00 Å². The summed E-state index contributed by atoms with van der Waals surface area (Å²) in [4.78, 5) is 13.8. The summed E-state index contributed by atoms with van der Waals surface area (Å²) in [5, 5.41) is 3.26. The molecule has 5 heteroatoms. The lowest BCUT2D eigenvalue weighted by molar-refractivity contribution is -0.122. The predicted octanol–water partition coefficient (Wildman–Crippen LogP) is 6.26. The molecule has 4 rings (SSSR count). The normalized spacial score (nSPS) is 15.6. The third-order valence-corrected chi connectivity index (χ3v) is 7.37. The number of carbonyl (C=O) groups is 1. The Balaban J connectivity index is 1.59. The van der Waals surface area contributed by atoms with Crippen LogP contribution in [0.25, 0.3) is 0 Å². The summed E-state index contributed by atoms with van der Waals surface area (Å²) in [6.07, 6.45) is 9.55. The van der Waals surface area contributed by atoms with Gasteiger partial charge < -0.3 is 5.32 Å². The molecule has 0 aromatic heterocycles. The van der Waals surface area contributed by atoms with E-state index in [0.29, 0.717) is 11.3 Å². The van der Waals surface area contributed by atoms with Crippen LogP contribution in [-0.4, -0.2) is 10.1 Å². The average Bonchev–Trinajstić information content (AvgIpc) is 2.91. The van der Waals surface area contributed by atoms with Gasteiger partial charge in [0.2, 0.25) is 5.91 Å². The molecule has 3 aromatic carbocycles. The van der Waals surface area contributed by atoms with E-state index in [4.69, 9.17) is 0 Å². The van der Waals surface area contributed by atoms with Crippen molar-refractivity contribution < 1.29 is 9.00 Å². The number of carbonyl (C=O) groups excluding carboxylic acids is 1. The fourth-order valence-electron chi connectivity index (χ4n) is 4.23. The van der Waals surface area contributed by atoms with Crippen molar-refractivity contribution in [3.05, 3.63) is 125 Å². The molecule has 0 saturated carbocycles. The molecule has 3 atom stereocenters. The van der Waals surface area contributed by atoms with Crippen LogP contribution in [0.4, 0.5) is 0 Å². The molecule has 4 nitrogen and oxygen atoms in total. The zero-order chi connectivity index (χ0) is 24.5. The standard InChI is InChI=1S/C30H32N2O2S/c1-23-17-20-27(21-18-23)35(34)32-30(26-15-9-4-10-16-26)29(25-13-7-3-8-14-25)31-28(33)22-19-24-11-5-2-6-12-24/h2-5,7-10,12-18,20-21,29-30,32H,6,11,19,22H2,1H3,(H,31,33)/t29-,30-,35?/m1/s1. The quantitative estimate of drug-likeness (QED) is 0.334. The highest BCUT2D eigenvalue weighted by Crippen LogP contribution is 2.30. The number of hydrogen-bond donors (Lipinski definition) is 2. The largest absolute Gasteiger partial charge is 0.347 e. The fraction of sp³-hybridized carbons (Fsp3) is 0.233. The first-order valence-electron chi connectivity index (χ1n) is 12.1. The van der Waals surface area contributed by atoms with Crippen molar-refractivity contribution >= 4 is 16.9 Å². The van der Waals surface area contributed by atoms with Gasteiger partial charge in [0, 0.05) is 6.42 Å². The topological polar surface area (TPSA) is 58.2 Å². The average molecular weight is 485 g/mol. The second-order valence-corrected chi connectivity index (χ2v) is 10.1. The Hall–Kier alpha value is -3.28. The molecule has 0 bridgehead atoms. The van der Waals surface area contributed by atoms with Crippen LogP contribution in [0.15, 0.2) is 114 Å². The maximum absolute atomic E-state index is 13.4. The van der Waals surface area contributed by atoms with Crippen molar-refractivity contribution in [2.75, 3.05) is 0 Å². The molecule has 0 saturated heterocycles. The van der Waals surface area contributed by atoms with Crippen LogP contribution in [0.3, 0.4) is 0 Å². The van der Waals surface area contributed by atoms with Gasteiger partial charge >= 0.3 is 0 Å². The van der Waals surface area contributed by atoms with Gasteiger partial charge in [-0.15, -0.1) is 0 Å². The van der Waals surface area contributed by atoms with Gasteiger partial charge in [0.25, 0.3) is 0 Å². The monoisotopic (exact) mass is 484 g/mol. The van der Waals surface area contributed by atoms with E-state index in [1.165, 1.54) is 5.57 Å². The molecule has 2 N–H and O–H groups in total. The van der Waals surface area contributed by atoms with Gasteiger partial charge in [-0.3, -0.25) is 4.79 Å². The summed E-state index contributed by atoms with van der Waals surface area (Å²) in [6.45, 7) is 2.01. The van der Waals surface area contributed by atoms with Crippen molar-refractivity contribution in [2.24, 2.45) is 0 Å². The van der Waals surface area contributed by atoms with E-state index in [0.717, 1.165) is 36.0 Å². The van der Waals surface area contributed by atoms with E-state index >= 15 is 0 Å². The zero-order valence-electron chi connectivity index (χ0n) is 20.0. The molecule has 1 amide bonds. The molecule has 1 aliphatic carbocycles. The minimum absolute atomic E-state index is 0.0156. The third kappa shape index (κ3) is 7.10.